The van der Waals surface area contributed by atoms with Crippen molar-refractivity contribution in [3.05, 3.63) is 35.4 Å². The molecule has 5 nitrogen and oxygen atoms in total. The highest BCUT2D eigenvalue weighted by Crippen LogP contribution is 2.40. The van der Waals surface area contributed by atoms with Gasteiger partial charge in [0.15, 0.2) is 5.96 Å². The number of benzene rings is 1. The molecule has 27 heavy (non-hydrogen) atoms. The number of likely N-dealkylation sites (tertiary alicyclic amines) is 1. The van der Waals surface area contributed by atoms with E-state index in [-0.39, 0.29) is 5.91 Å². The first-order valence-electron chi connectivity index (χ1n) is 10.4. The summed E-state index contributed by atoms with van der Waals surface area (Å²) in [6.07, 6.45) is 8.24. The topological polar surface area (TPSA) is 56.7 Å². The summed E-state index contributed by atoms with van der Waals surface area (Å²) in [6, 6.07) is 8.38. The van der Waals surface area contributed by atoms with Crippen molar-refractivity contribution in [1.29, 1.82) is 0 Å². The minimum atomic E-state index is 0.275. The highest BCUT2D eigenvalue weighted by molar-refractivity contribution is 5.80. The predicted octanol–water partition coefficient (Wildman–Crippen LogP) is 3.44. The Morgan fingerprint density at radius 1 is 1.15 bits per heavy atom. The van der Waals surface area contributed by atoms with Crippen molar-refractivity contribution in [2.45, 2.75) is 65.0 Å². The van der Waals surface area contributed by atoms with E-state index in [1.54, 1.807) is 0 Å². The Kier molecular flexibility index (Phi) is 6.75. The van der Waals surface area contributed by atoms with Gasteiger partial charge in [0, 0.05) is 39.6 Å². The molecule has 2 aliphatic rings. The Labute approximate surface area is 163 Å². The molecule has 1 saturated heterocycles. The summed E-state index contributed by atoms with van der Waals surface area (Å²) in [5.74, 6) is 1.14. The molecule has 0 radical (unpaired) electrons. The fourth-order valence-electron chi connectivity index (χ4n) is 4.41. The second kappa shape index (κ2) is 9.25. The van der Waals surface area contributed by atoms with Gasteiger partial charge in [-0.2, -0.15) is 0 Å². The summed E-state index contributed by atoms with van der Waals surface area (Å²) in [5.41, 5.74) is 2.88. The van der Waals surface area contributed by atoms with Gasteiger partial charge in [-0.15, -0.1) is 0 Å². The number of carbonyl (C=O) groups is 1. The molecule has 0 spiro atoms. The van der Waals surface area contributed by atoms with Gasteiger partial charge >= 0.3 is 0 Å². The van der Waals surface area contributed by atoms with E-state index in [2.05, 4.69) is 46.8 Å². The monoisotopic (exact) mass is 370 g/mol. The van der Waals surface area contributed by atoms with Crippen LogP contribution in [0.15, 0.2) is 29.3 Å². The van der Waals surface area contributed by atoms with Crippen LogP contribution in [0.1, 0.15) is 63.0 Å². The molecule has 2 N–H and O–H groups in total. The van der Waals surface area contributed by atoms with Crippen molar-refractivity contribution in [3.63, 3.8) is 0 Å². The molecular weight excluding hydrogens is 336 g/mol. The van der Waals surface area contributed by atoms with E-state index in [9.17, 15) is 4.79 Å². The molecule has 1 heterocycles. The smallest absolute Gasteiger partial charge is 0.222 e. The largest absolute Gasteiger partial charge is 0.356 e. The van der Waals surface area contributed by atoms with Gasteiger partial charge in [0.1, 0.15) is 0 Å². The number of hydrogen-bond donors (Lipinski definition) is 2. The zero-order valence-corrected chi connectivity index (χ0v) is 16.9. The lowest BCUT2D eigenvalue weighted by molar-refractivity contribution is -0.128. The normalized spacial score (nSPS) is 19.6. The Hall–Kier alpha value is -2.04. The second-order valence-corrected chi connectivity index (χ2v) is 8.03. The fraction of sp³-hybridized carbons (Fsp3) is 0.636. The number of hydrogen-bond acceptors (Lipinski definition) is 2. The quantitative estimate of drug-likeness (QED) is 0.571. The van der Waals surface area contributed by atoms with E-state index in [1.807, 2.05) is 11.9 Å². The molecule has 148 valence electrons. The number of amides is 1. The first kappa shape index (κ1) is 19.7. The van der Waals surface area contributed by atoms with Crippen LogP contribution in [0, 0.1) is 5.41 Å². The summed E-state index contributed by atoms with van der Waals surface area (Å²) in [5, 5.41) is 7.01. The molecule has 0 aromatic heterocycles. The predicted molar refractivity (Wildman–Crippen MR) is 110 cm³/mol. The van der Waals surface area contributed by atoms with Gasteiger partial charge in [-0.1, -0.05) is 44.0 Å². The van der Waals surface area contributed by atoms with Crippen LogP contribution in [0.2, 0.25) is 0 Å². The zero-order chi connectivity index (χ0) is 19.1. The van der Waals surface area contributed by atoms with E-state index < -0.39 is 0 Å². The standard InChI is InChI=1S/C22H34N4O/c1-3-22(12-6-7-13-22)17-25-21(23-2)24-15-18-9-4-5-10-19(18)16-26-14-8-11-20(26)27/h4-5,9-10H,3,6-8,11-17H2,1-2H3,(H2,23,24,25). The number of aliphatic imine (C=N–C) groups is 1. The highest BCUT2D eigenvalue weighted by atomic mass is 16.2. The van der Waals surface area contributed by atoms with E-state index in [0.29, 0.717) is 18.4 Å². The Morgan fingerprint density at radius 2 is 1.89 bits per heavy atom. The van der Waals surface area contributed by atoms with Gasteiger partial charge in [-0.3, -0.25) is 9.79 Å². The molecule has 1 aromatic rings. The third kappa shape index (κ3) is 5.02. The molecular formula is C22H34N4O. The number of carbonyl (C=O) groups excluding carboxylic acids is 1. The van der Waals surface area contributed by atoms with Crippen molar-refractivity contribution >= 4 is 11.9 Å². The first-order valence-corrected chi connectivity index (χ1v) is 10.4. The van der Waals surface area contributed by atoms with Crippen LogP contribution in [0.3, 0.4) is 0 Å². The first-order chi connectivity index (χ1) is 13.2. The van der Waals surface area contributed by atoms with Crippen molar-refractivity contribution in [2.75, 3.05) is 20.1 Å². The maximum absolute atomic E-state index is 12.0. The fourth-order valence-corrected chi connectivity index (χ4v) is 4.41. The van der Waals surface area contributed by atoms with E-state index in [4.69, 9.17) is 0 Å². The Balaban J connectivity index is 1.56. The summed E-state index contributed by atoms with van der Waals surface area (Å²) >= 11 is 0. The molecule has 1 aliphatic carbocycles. The average Bonchev–Trinajstić information content (AvgIpc) is 3.33. The number of nitrogens with one attached hydrogen (secondary N) is 2. The summed E-state index contributed by atoms with van der Waals surface area (Å²) in [6.45, 7) is 5.60. The van der Waals surface area contributed by atoms with Crippen LogP contribution < -0.4 is 10.6 Å². The van der Waals surface area contributed by atoms with Crippen LogP contribution in [-0.2, 0) is 17.9 Å². The number of guanidine groups is 1. The lowest BCUT2D eigenvalue weighted by Crippen LogP contribution is -2.42. The van der Waals surface area contributed by atoms with Crippen LogP contribution in [0.5, 0.6) is 0 Å². The molecule has 0 unspecified atom stereocenters. The maximum atomic E-state index is 12.0. The average molecular weight is 371 g/mol. The van der Waals surface area contributed by atoms with Crippen molar-refractivity contribution in [1.82, 2.24) is 15.5 Å². The van der Waals surface area contributed by atoms with Crippen LogP contribution >= 0.6 is 0 Å². The Morgan fingerprint density at radius 3 is 2.52 bits per heavy atom. The molecule has 0 atom stereocenters. The lowest BCUT2D eigenvalue weighted by Gasteiger charge is -2.28. The van der Waals surface area contributed by atoms with E-state index in [0.717, 1.165) is 32.0 Å². The van der Waals surface area contributed by atoms with Crippen molar-refractivity contribution in [2.24, 2.45) is 10.4 Å². The number of rotatable bonds is 7. The SMILES string of the molecule is CCC1(CNC(=NC)NCc2ccccc2CN2CCCC2=O)CCCC1. The molecule has 2 fully saturated rings. The molecule has 0 bridgehead atoms. The minimum absolute atomic E-state index is 0.275. The highest BCUT2D eigenvalue weighted by Gasteiger charge is 2.31. The van der Waals surface area contributed by atoms with Crippen molar-refractivity contribution in [3.8, 4) is 0 Å². The van der Waals surface area contributed by atoms with Gasteiger partial charge in [0.25, 0.3) is 0 Å². The molecule has 1 aliphatic heterocycles. The van der Waals surface area contributed by atoms with Gasteiger partial charge < -0.3 is 15.5 Å². The van der Waals surface area contributed by atoms with Crippen LogP contribution in [-0.4, -0.2) is 36.9 Å². The van der Waals surface area contributed by atoms with Gasteiger partial charge in [-0.25, -0.2) is 0 Å². The maximum Gasteiger partial charge on any atom is 0.222 e. The van der Waals surface area contributed by atoms with Gasteiger partial charge in [0.2, 0.25) is 5.91 Å². The lowest BCUT2D eigenvalue weighted by atomic mass is 9.83. The molecule has 5 heteroatoms. The molecule has 1 amide bonds. The molecule has 1 aromatic carbocycles. The van der Waals surface area contributed by atoms with E-state index in [1.165, 1.54) is 43.2 Å². The van der Waals surface area contributed by atoms with Gasteiger partial charge in [0.05, 0.1) is 0 Å². The third-order valence-electron chi connectivity index (χ3n) is 6.37. The third-order valence-corrected chi connectivity index (χ3v) is 6.37. The summed E-state index contributed by atoms with van der Waals surface area (Å²) in [7, 11) is 1.83. The van der Waals surface area contributed by atoms with Gasteiger partial charge in [-0.05, 0) is 42.2 Å². The Bertz CT molecular complexity index is 664. The molecule has 1 saturated carbocycles. The van der Waals surface area contributed by atoms with E-state index >= 15 is 0 Å². The zero-order valence-electron chi connectivity index (χ0n) is 16.9. The summed E-state index contributed by atoms with van der Waals surface area (Å²) in [4.78, 5) is 18.3. The minimum Gasteiger partial charge on any atom is -0.356 e. The van der Waals surface area contributed by atoms with Crippen molar-refractivity contribution < 1.29 is 4.79 Å². The number of nitrogens with zero attached hydrogens (tertiary/aromatic N) is 2. The summed E-state index contributed by atoms with van der Waals surface area (Å²) < 4.78 is 0. The molecule has 3 rings (SSSR count). The van der Waals surface area contributed by atoms with Crippen LogP contribution in [0.4, 0.5) is 0 Å². The van der Waals surface area contributed by atoms with Crippen LogP contribution in [0.25, 0.3) is 0 Å². The second-order valence-electron chi connectivity index (χ2n) is 8.03.